The minimum atomic E-state index is 0. The van der Waals surface area contributed by atoms with Crippen molar-refractivity contribution in [1.82, 2.24) is 0 Å². The van der Waals surface area contributed by atoms with Crippen molar-refractivity contribution < 1.29 is 57.7 Å². The van der Waals surface area contributed by atoms with Crippen LogP contribution >= 0.6 is 0 Å². The predicted octanol–water partition coefficient (Wildman–Crippen LogP) is -5.69. The average Bonchev–Trinajstić information content (AvgIpc) is 2.56. The molecule has 1 aliphatic carbocycles. The smallest absolute Gasteiger partial charge is 1.00 e. The summed E-state index contributed by atoms with van der Waals surface area (Å²) in [5.41, 5.74) is 4.33. The maximum absolute atomic E-state index is 2.25. The van der Waals surface area contributed by atoms with E-state index in [0.717, 1.165) is 12.8 Å². The second-order valence-electron chi connectivity index (χ2n) is 3.79. The van der Waals surface area contributed by atoms with Crippen molar-refractivity contribution >= 4 is 0 Å². The summed E-state index contributed by atoms with van der Waals surface area (Å²) < 4.78 is 1.45. The molecular weight excluding hydrogens is 310 g/mol. The summed E-state index contributed by atoms with van der Waals surface area (Å²) >= 11 is 2.20. The zero-order valence-electron chi connectivity index (χ0n) is 9.51. The van der Waals surface area contributed by atoms with E-state index >= 15 is 0 Å². The summed E-state index contributed by atoms with van der Waals surface area (Å²) in [6, 6.07) is 8.84. The van der Waals surface area contributed by atoms with Crippen molar-refractivity contribution in [2.75, 3.05) is 0 Å². The van der Waals surface area contributed by atoms with Crippen LogP contribution in [0.4, 0.5) is 0 Å². The van der Waals surface area contributed by atoms with Crippen LogP contribution in [-0.2, 0) is 26.9 Å². The maximum atomic E-state index is 2.25. The monoisotopic (exact) mass is 322 g/mol. The number of allylic oxidation sites excluding steroid dienone is 4. The van der Waals surface area contributed by atoms with E-state index in [1.807, 2.05) is 0 Å². The van der Waals surface area contributed by atoms with Crippen molar-refractivity contribution in [3.63, 3.8) is 0 Å². The summed E-state index contributed by atoms with van der Waals surface area (Å²) in [5.74, 6) is 0. The van der Waals surface area contributed by atoms with Crippen molar-refractivity contribution in [3.05, 3.63) is 57.0 Å². The van der Waals surface area contributed by atoms with Crippen LogP contribution in [0.2, 0.25) is 0 Å². The molecule has 4 heteroatoms. The maximum Gasteiger partial charge on any atom is -1.00 e. The summed E-state index contributed by atoms with van der Waals surface area (Å²) in [6.07, 6.45) is 6.72. The van der Waals surface area contributed by atoms with Gasteiger partial charge in [0.2, 0.25) is 0 Å². The molecule has 0 atom stereocenters. The Bertz CT molecular complexity index is 394. The summed E-state index contributed by atoms with van der Waals surface area (Å²) in [5, 5.41) is 0. The molecule has 2 rings (SSSR count). The quantitative estimate of drug-likeness (QED) is 0.476. The fourth-order valence-corrected chi connectivity index (χ4v) is 2.15. The molecule has 0 heterocycles. The predicted molar refractivity (Wildman–Crippen MR) is 55.7 cm³/mol. The number of hydrogen-bond donors (Lipinski definition) is 0. The van der Waals surface area contributed by atoms with Gasteiger partial charge in [-0.15, -0.1) is 0 Å². The molecule has 0 spiro atoms. The third-order valence-corrected chi connectivity index (χ3v) is 3.38. The Kier molecular flexibility index (Phi) is 10.7. The van der Waals surface area contributed by atoms with Gasteiger partial charge in [-0.1, -0.05) is 0 Å². The number of halogens is 3. The van der Waals surface area contributed by atoms with E-state index in [1.165, 1.54) is 15.0 Å². The van der Waals surface area contributed by atoms with E-state index in [1.54, 1.807) is 5.57 Å². The average molecular weight is 323 g/mol. The molecule has 0 bridgehead atoms. The SMILES string of the molecule is Cc1ccc(CC2=[C]([Ti+3])C=CC2)cc1.[Cl-].[Cl-].[Cl-]. The molecule has 0 saturated heterocycles. The molecule has 0 saturated carbocycles. The molecule has 0 aromatic heterocycles. The van der Waals surface area contributed by atoms with Crippen molar-refractivity contribution in [2.45, 2.75) is 19.8 Å². The van der Waals surface area contributed by atoms with Gasteiger partial charge >= 0.3 is 97.2 Å². The summed E-state index contributed by atoms with van der Waals surface area (Å²) in [4.78, 5) is 0. The first-order valence-electron chi connectivity index (χ1n) is 4.91. The van der Waals surface area contributed by atoms with Gasteiger partial charge in [0, 0.05) is 0 Å². The number of hydrogen-bond acceptors (Lipinski definition) is 0. The van der Waals surface area contributed by atoms with Crippen LogP contribution in [0.3, 0.4) is 0 Å². The molecule has 0 nitrogen and oxygen atoms in total. The fourth-order valence-electron chi connectivity index (χ4n) is 1.67. The Morgan fingerprint density at radius 1 is 1.06 bits per heavy atom. The molecular formula is C13H13Cl3Ti. The Balaban J connectivity index is 0. The van der Waals surface area contributed by atoms with Gasteiger partial charge in [-0.05, 0) is 0 Å². The first-order valence-corrected chi connectivity index (χ1v) is 5.69. The molecule has 0 N–H and O–H groups in total. The second-order valence-corrected chi connectivity index (χ2v) is 4.63. The summed E-state index contributed by atoms with van der Waals surface area (Å²) in [7, 11) is 0. The molecule has 0 amide bonds. The van der Waals surface area contributed by atoms with Crippen LogP contribution in [0.15, 0.2) is 45.9 Å². The van der Waals surface area contributed by atoms with Crippen LogP contribution < -0.4 is 37.2 Å². The zero-order valence-corrected chi connectivity index (χ0v) is 13.3. The van der Waals surface area contributed by atoms with Crippen LogP contribution in [-0.4, -0.2) is 0 Å². The van der Waals surface area contributed by atoms with Crippen molar-refractivity contribution in [2.24, 2.45) is 0 Å². The largest absolute Gasteiger partial charge is 1.00 e. The van der Waals surface area contributed by atoms with E-state index in [4.69, 9.17) is 0 Å². The molecule has 0 unspecified atom stereocenters. The molecule has 1 aromatic carbocycles. The van der Waals surface area contributed by atoms with Gasteiger partial charge in [-0.2, -0.15) is 0 Å². The minimum absolute atomic E-state index is 0. The van der Waals surface area contributed by atoms with Gasteiger partial charge in [-0.3, -0.25) is 0 Å². The topological polar surface area (TPSA) is 0 Å². The van der Waals surface area contributed by atoms with E-state index in [0.29, 0.717) is 0 Å². The van der Waals surface area contributed by atoms with Crippen LogP contribution in [0.1, 0.15) is 17.5 Å². The van der Waals surface area contributed by atoms with Crippen LogP contribution in [0.25, 0.3) is 0 Å². The number of aryl methyl sites for hydroxylation is 1. The third kappa shape index (κ3) is 5.63. The van der Waals surface area contributed by atoms with E-state index in [-0.39, 0.29) is 37.2 Å². The number of benzene rings is 1. The van der Waals surface area contributed by atoms with E-state index in [2.05, 4.69) is 63.8 Å². The molecule has 17 heavy (non-hydrogen) atoms. The first-order chi connectivity index (χ1) is 6.75. The Hall–Kier alpha value is 0.284. The van der Waals surface area contributed by atoms with Gasteiger partial charge < -0.3 is 37.2 Å². The normalized spacial score (nSPS) is 12.6. The Morgan fingerprint density at radius 3 is 2.12 bits per heavy atom. The van der Waals surface area contributed by atoms with Crippen molar-refractivity contribution in [3.8, 4) is 0 Å². The molecule has 0 radical (unpaired) electrons. The summed E-state index contributed by atoms with van der Waals surface area (Å²) in [6.45, 7) is 2.13. The van der Waals surface area contributed by atoms with Crippen LogP contribution in [0, 0.1) is 6.92 Å². The zero-order chi connectivity index (χ0) is 9.97. The second kappa shape index (κ2) is 9.25. The van der Waals surface area contributed by atoms with Gasteiger partial charge in [0.25, 0.3) is 0 Å². The van der Waals surface area contributed by atoms with Gasteiger partial charge in [-0.25, -0.2) is 0 Å². The molecule has 0 aliphatic heterocycles. The standard InChI is InChI=1S/C13H13.3ClH.Ti/c1-11-6-8-13(9-7-11)10-12-4-2-3-5-12;;;;/h2-3,6-9H,4,10H2,1H3;3*1H;/q;;;;+3/p-3. The van der Waals surface area contributed by atoms with Gasteiger partial charge in [0.05, 0.1) is 0 Å². The first kappa shape index (κ1) is 19.6. The van der Waals surface area contributed by atoms with E-state index < -0.39 is 0 Å². The minimum Gasteiger partial charge on any atom is -1.00 e. The fraction of sp³-hybridized carbons (Fsp3) is 0.231. The molecule has 1 aromatic rings. The Morgan fingerprint density at radius 2 is 1.65 bits per heavy atom. The van der Waals surface area contributed by atoms with Gasteiger partial charge in [0.1, 0.15) is 0 Å². The van der Waals surface area contributed by atoms with Gasteiger partial charge in [0.15, 0.2) is 0 Å². The molecule has 90 valence electrons. The number of rotatable bonds is 2. The molecule has 1 aliphatic rings. The Labute approximate surface area is 134 Å². The van der Waals surface area contributed by atoms with Crippen LogP contribution in [0.5, 0.6) is 0 Å². The third-order valence-electron chi connectivity index (χ3n) is 2.57. The molecule has 0 fully saturated rings. The van der Waals surface area contributed by atoms with E-state index in [9.17, 15) is 0 Å². The van der Waals surface area contributed by atoms with Crippen molar-refractivity contribution in [1.29, 1.82) is 0 Å².